The minimum Gasteiger partial charge on any atom is -0.496 e. The van der Waals surface area contributed by atoms with Crippen molar-refractivity contribution in [1.29, 1.82) is 0 Å². The lowest BCUT2D eigenvalue weighted by Gasteiger charge is -2.37. The first-order valence-electron chi connectivity index (χ1n) is 11.8. The van der Waals surface area contributed by atoms with E-state index in [4.69, 9.17) is 14.5 Å². The van der Waals surface area contributed by atoms with Crippen molar-refractivity contribution in [3.63, 3.8) is 0 Å². The van der Waals surface area contributed by atoms with Gasteiger partial charge in [0.25, 0.3) is 0 Å². The molecule has 0 saturated carbocycles. The Morgan fingerprint density at radius 3 is 2.47 bits per heavy atom. The van der Waals surface area contributed by atoms with Gasteiger partial charge in [-0.3, -0.25) is 4.79 Å². The molecule has 0 spiro atoms. The predicted octanol–water partition coefficient (Wildman–Crippen LogP) is 5.32. The Labute approximate surface area is 216 Å². The lowest BCUT2D eigenvalue weighted by molar-refractivity contribution is -0.150. The summed E-state index contributed by atoms with van der Waals surface area (Å²) in [5.41, 5.74) is 2.92. The largest absolute Gasteiger partial charge is 0.496 e. The molecule has 0 saturated heterocycles. The maximum Gasteiger partial charge on any atom is 0.338 e. The Balaban J connectivity index is 1.66. The Bertz CT molecular complexity index is 1240. The molecule has 1 amide bonds. The molecular weight excluding hydrogens is 474 g/mol. The van der Waals surface area contributed by atoms with Crippen LogP contribution in [-0.2, 0) is 20.9 Å². The van der Waals surface area contributed by atoms with Gasteiger partial charge in [0.05, 0.1) is 30.8 Å². The number of amidine groups is 1. The number of benzene rings is 2. The predicted molar refractivity (Wildman–Crippen MR) is 142 cm³/mol. The van der Waals surface area contributed by atoms with E-state index in [9.17, 15) is 9.59 Å². The van der Waals surface area contributed by atoms with Crippen LogP contribution in [-0.4, -0.2) is 34.7 Å². The second kappa shape index (κ2) is 10.6. The van der Waals surface area contributed by atoms with Crippen LogP contribution >= 0.6 is 11.8 Å². The maximum atomic E-state index is 13.5. The molecule has 0 bridgehead atoms. The Morgan fingerprint density at radius 1 is 1.08 bits per heavy atom. The first kappa shape index (κ1) is 25.6. The number of ether oxygens (including phenoxy) is 2. The molecule has 7 nitrogen and oxygen atoms in total. The summed E-state index contributed by atoms with van der Waals surface area (Å²) >= 11 is 1.44. The summed E-state index contributed by atoms with van der Waals surface area (Å²) < 4.78 is 11.5. The molecule has 8 heteroatoms. The molecule has 0 aromatic heterocycles. The van der Waals surface area contributed by atoms with Crippen LogP contribution in [0.5, 0.6) is 5.75 Å². The van der Waals surface area contributed by atoms with Gasteiger partial charge in [0, 0.05) is 17.8 Å². The summed E-state index contributed by atoms with van der Waals surface area (Å²) in [4.78, 5) is 33.1. The lowest BCUT2D eigenvalue weighted by atomic mass is 9.93. The highest BCUT2D eigenvalue weighted by molar-refractivity contribution is 8.16. The SMILES string of the molecule is COc1ccccc1C1C(C(=O)OC(C)(C)C)=C(C)N=C2SC=C(CC(=O)NCc3ccccc3)N21. The number of esters is 1. The molecule has 2 aromatic carbocycles. The third kappa shape index (κ3) is 5.65. The number of carbonyl (C=O) groups excluding carboxylic acids is 2. The van der Waals surface area contributed by atoms with E-state index in [1.165, 1.54) is 11.8 Å². The number of amides is 1. The summed E-state index contributed by atoms with van der Waals surface area (Å²) in [7, 11) is 1.60. The summed E-state index contributed by atoms with van der Waals surface area (Å²) in [6, 6.07) is 16.8. The second-order valence-corrected chi connectivity index (χ2v) is 10.4. The van der Waals surface area contributed by atoms with Crippen LogP contribution in [0.15, 0.2) is 82.0 Å². The van der Waals surface area contributed by atoms with Crippen LogP contribution in [0.4, 0.5) is 0 Å². The highest BCUT2D eigenvalue weighted by atomic mass is 32.2. The van der Waals surface area contributed by atoms with Crippen molar-refractivity contribution in [2.45, 2.75) is 52.3 Å². The van der Waals surface area contributed by atoms with Crippen molar-refractivity contribution < 1.29 is 19.1 Å². The molecule has 1 unspecified atom stereocenters. The van der Waals surface area contributed by atoms with Gasteiger partial charge in [-0.05, 0) is 44.7 Å². The average Bonchev–Trinajstić information content (AvgIpc) is 3.23. The zero-order valence-electron chi connectivity index (χ0n) is 21.2. The fourth-order valence-corrected chi connectivity index (χ4v) is 5.14. The van der Waals surface area contributed by atoms with Crippen molar-refractivity contribution in [2.75, 3.05) is 7.11 Å². The fraction of sp³-hybridized carbons (Fsp3) is 0.321. The average molecular weight is 506 g/mol. The molecule has 2 aliphatic heterocycles. The van der Waals surface area contributed by atoms with Crippen molar-refractivity contribution in [2.24, 2.45) is 4.99 Å². The van der Waals surface area contributed by atoms with Gasteiger partial charge in [-0.25, -0.2) is 9.79 Å². The number of hydrogen-bond donors (Lipinski definition) is 1. The third-order valence-corrected chi connectivity index (χ3v) is 6.62. The highest BCUT2D eigenvalue weighted by Gasteiger charge is 2.42. The second-order valence-electron chi connectivity index (χ2n) is 9.58. The maximum absolute atomic E-state index is 13.5. The normalized spacial score (nSPS) is 17.2. The summed E-state index contributed by atoms with van der Waals surface area (Å²) in [6.45, 7) is 7.77. The number of thioether (sulfide) groups is 1. The van der Waals surface area contributed by atoms with E-state index in [1.807, 2.05) is 92.6 Å². The van der Waals surface area contributed by atoms with Gasteiger partial charge in [-0.2, -0.15) is 0 Å². The Kier molecular flexibility index (Phi) is 7.54. The standard InChI is InChI=1S/C28H31N3O4S/c1-18-24(26(33)35-28(2,3)4)25(21-13-9-10-14-22(21)34-5)31-20(17-36-27(31)30-18)15-23(32)29-16-19-11-7-6-8-12-19/h6-14,17,25H,15-16H2,1-5H3,(H,29,32). The van der Waals surface area contributed by atoms with E-state index in [1.54, 1.807) is 7.11 Å². The third-order valence-electron chi connectivity index (χ3n) is 5.73. The number of nitrogens with zero attached hydrogens (tertiary/aromatic N) is 2. The van der Waals surface area contributed by atoms with E-state index in [2.05, 4.69) is 5.32 Å². The fourth-order valence-electron chi connectivity index (χ4n) is 4.17. The van der Waals surface area contributed by atoms with Crippen LogP contribution < -0.4 is 10.1 Å². The number of nitrogens with one attached hydrogen (secondary N) is 1. The van der Waals surface area contributed by atoms with Gasteiger partial charge in [-0.15, -0.1) is 0 Å². The molecule has 36 heavy (non-hydrogen) atoms. The molecular formula is C28H31N3O4S. The zero-order chi connectivity index (χ0) is 25.9. The first-order valence-corrected chi connectivity index (χ1v) is 12.7. The number of rotatable bonds is 7. The Hall–Kier alpha value is -3.52. The number of methoxy groups -OCH3 is 1. The Morgan fingerprint density at radius 2 is 1.78 bits per heavy atom. The lowest BCUT2D eigenvalue weighted by Crippen LogP contribution is -2.39. The highest BCUT2D eigenvalue weighted by Crippen LogP contribution is 2.47. The van der Waals surface area contributed by atoms with E-state index in [0.717, 1.165) is 16.8 Å². The molecule has 2 aliphatic rings. The molecule has 2 heterocycles. The van der Waals surface area contributed by atoms with Gasteiger partial charge in [0.2, 0.25) is 5.91 Å². The number of carbonyl (C=O) groups is 2. The van der Waals surface area contributed by atoms with Crippen molar-refractivity contribution in [3.05, 3.63) is 88.1 Å². The number of fused-ring (bicyclic) bond motifs is 1. The van der Waals surface area contributed by atoms with E-state index in [0.29, 0.717) is 28.7 Å². The van der Waals surface area contributed by atoms with E-state index < -0.39 is 17.6 Å². The molecule has 0 fully saturated rings. The minimum absolute atomic E-state index is 0.115. The van der Waals surface area contributed by atoms with Gasteiger partial charge >= 0.3 is 5.97 Å². The summed E-state index contributed by atoms with van der Waals surface area (Å²) in [5.74, 6) is 0.0849. The number of allylic oxidation sites excluding steroid dienone is 1. The molecule has 4 rings (SSSR count). The molecule has 188 valence electrons. The van der Waals surface area contributed by atoms with Crippen molar-refractivity contribution in [1.82, 2.24) is 10.2 Å². The van der Waals surface area contributed by atoms with E-state index in [-0.39, 0.29) is 12.3 Å². The quantitative estimate of drug-likeness (QED) is 0.513. The molecule has 1 N–H and O–H groups in total. The monoisotopic (exact) mass is 505 g/mol. The number of aliphatic imine (C=N–C) groups is 1. The van der Waals surface area contributed by atoms with Crippen LogP contribution in [0.1, 0.15) is 51.3 Å². The van der Waals surface area contributed by atoms with Gasteiger partial charge in [0.15, 0.2) is 5.17 Å². The molecule has 2 aromatic rings. The van der Waals surface area contributed by atoms with Gasteiger partial charge in [0.1, 0.15) is 11.4 Å². The molecule has 0 radical (unpaired) electrons. The van der Waals surface area contributed by atoms with Crippen molar-refractivity contribution in [3.8, 4) is 5.75 Å². The van der Waals surface area contributed by atoms with E-state index >= 15 is 0 Å². The molecule has 0 aliphatic carbocycles. The zero-order valence-corrected chi connectivity index (χ0v) is 22.0. The first-order chi connectivity index (χ1) is 17.2. The topological polar surface area (TPSA) is 80.2 Å². The summed E-state index contributed by atoms with van der Waals surface area (Å²) in [6.07, 6.45) is 0.144. The van der Waals surface area contributed by atoms with Crippen LogP contribution in [0.2, 0.25) is 0 Å². The number of hydrogen-bond acceptors (Lipinski definition) is 7. The molecule has 1 atom stereocenters. The smallest absolute Gasteiger partial charge is 0.338 e. The number of para-hydroxylation sites is 1. The summed E-state index contributed by atoms with van der Waals surface area (Å²) in [5, 5.41) is 5.62. The van der Waals surface area contributed by atoms with Gasteiger partial charge < -0.3 is 19.7 Å². The van der Waals surface area contributed by atoms with Crippen LogP contribution in [0.25, 0.3) is 0 Å². The van der Waals surface area contributed by atoms with Gasteiger partial charge in [-0.1, -0.05) is 60.3 Å². The van der Waals surface area contributed by atoms with Crippen molar-refractivity contribution >= 4 is 28.8 Å². The van der Waals surface area contributed by atoms with Crippen LogP contribution in [0, 0.1) is 0 Å². The minimum atomic E-state index is -0.671. The van der Waals surface area contributed by atoms with Crippen LogP contribution in [0.3, 0.4) is 0 Å².